The van der Waals surface area contributed by atoms with Crippen molar-refractivity contribution in [1.82, 2.24) is 0 Å². The number of fused-ring (bicyclic) bond motifs is 2. The van der Waals surface area contributed by atoms with E-state index >= 15 is 0 Å². The average Bonchev–Trinajstić information content (AvgIpc) is 2.31. The summed E-state index contributed by atoms with van der Waals surface area (Å²) in [6.07, 6.45) is 7.87. The van der Waals surface area contributed by atoms with Crippen molar-refractivity contribution in [3.8, 4) is 0 Å². The van der Waals surface area contributed by atoms with Crippen LogP contribution in [0.4, 0.5) is 0 Å². The summed E-state index contributed by atoms with van der Waals surface area (Å²) in [7, 11) is 0. The quantitative estimate of drug-likeness (QED) is 0.632. The summed E-state index contributed by atoms with van der Waals surface area (Å²) in [5, 5.41) is 0. The van der Waals surface area contributed by atoms with Crippen molar-refractivity contribution in [2.45, 2.75) is 92.1 Å². The van der Waals surface area contributed by atoms with Gasteiger partial charge in [0.25, 0.3) is 0 Å². The smallest absolute Gasteiger partial charge is 0.310 e. The Kier molecular flexibility index (Phi) is 5.29. The van der Waals surface area contributed by atoms with Crippen molar-refractivity contribution in [3.63, 3.8) is 0 Å². The zero-order chi connectivity index (χ0) is 16.5. The Morgan fingerprint density at radius 1 is 1.14 bits per heavy atom. The summed E-state index contributed by atoms with van der Waals surface area (Å²) in [5.41, 5.74) is -0.169. The molecule has 0 aromatic carbocycles. The van der Waals surface area contributed by atoms with Crippen LogP contribution >= 0.6 is 0 Å². The van der Waals surface area contributed by atoms with Gasteiger partial charge in [-0.2, -0.15) is 0 Å². The first-order chi connectivity index (χ1) is 10.1. The van der Waals surface area contributed by atoms with E-state index in [1.165, 1.54) is 12.8 Å². The van der Waals surface area contributed by atoms with Crippen LogP contribution in [0.15, 0.2) is 0 Å². The number of ether oxygens (including phenoxy) is 1. The molecule has 0 heterocycles. The Morgan fingerprint density at radius 3 is 2.14 bits per heavy atom. The van der Waals surface area contributed by atoms with E-state index in [-0.39, 0.29) is 22.9 Å². The summed E-state index contributed by atoms with van der Waals surface area (Å²) < 4.78 is 6.29. The van der Waals surface area contributed by atoms with Crippen molar-refractivity contribution in [2.75, 3.05) is 0 Å². The molecule has 0 aromatic rings. The highest BCUT2D eigenvalue weighted by Crippen LogP contribution is 2.50. The lowest BCUT2D eigenvalue weighted by atomic mass is 9.62. The molecule has 0 spiro atoms. The van der Waals surface area contributed by atoms with Crippen LogP contribution < -0.4 is 0 Å². The standard InChI is InChI=1S/C20H36O2/c1-7-8-17(19(4,5)6)18(21)22-20-11-14(2)9-16(13-20)10-15(3)12-20/h14-17H,7-13H2,1-6H3. The Bertz CT molecular complexity index is 373. The van der Waals surface area contributed by atoms with E-state index in [0.29, 0.717) is 11.8 Å². The van der Waals surface area contributed by atoms with Crippen LogP contribution in [0, 0.1) is 29.1 Å². The van der Waals surface area contributed by atoms with Gasteiger partial charge < -0.3 is 4.74 Å². The summed E-state index contributed by atoms with van der Waals surface area (Å²) in [6.45, 7) is 13.3. The molecule has 0 N–H and O–H groups in total. The van der Waals surface area contributed by atoms with E-state index in [4.69, 9.17) is 4.74 Å². The van der Waals surface area contributed by atoms with Crippen molar-refractivity contribution < 1.29 is 9.53 Å². The lowest BCUT2D eigenvalue weighted by molar-refractivity contribution is -0.184. The fourth-order valence-electron chi connectivity index (χ4n) is 5.22. The van der Waals surface area contributed by atoms with Gasteiger partial charge in [0.05, 0.1) is 5.92 Å². The maximum Gasteiger partial charge on any atom is 0.310 e. The van der Waals surface area contributed by atoms with E-state index in [1.54, 1.807) is 0 Å². The number of rotatable bonds is 4. The molecule has 22 heavy (non-hydrogen) atoms. The Labute approximate surface area is 137 Å². The van der Waals surface area contributed by atoms with Gasteiger partial charge in [0.15, 0.2) is 0 Å². The summed E-state index contributed by atoms with van der Waals surface area (Å²) >= 11 is 0. The molecule has 0 aliphatic heterocycles. The normalized spacial score (nSPS) is 36.7. The minimum absolute atomic E-state index is 0.0102. The Morgan fingerprint density at radius 2 is 1.68 bits per heavy atom. The van der Waals surface area contributed by atoms with E-state index in [2.05, 4.69) is 41.5 Å². The van der Waals surface area contributed by atoms with Gasteiger partial charge in [0, 0.05) is 0 Å². The molecule has 3 atom stereocenters. The number of carbonyl (C=O) groups is 1. The fourth-order valence-corrected chi connectivity index (χ4v) is 5.22. The molecule has 128 valence electrons. The van der Waals surface area contributed by atoms with Gasteiger partial charge in [-0.3, -0.25) is 4.79 Å². The first-order valence-electron chi connectivity index (χ1n) is 9.38. The first kappa shape index (κ1) is 17.8. The molecule has 2 bridgehead atoms. The third-order valence-electron chi connectivity index (χ3n) is 5.80. The van der Waals surface area contributed by atoms with Gasteiger partial charge in [0.1, 0.15) is 5.60 Å². The number of esters is 1. The second-order valence-corrected chi connectivity index (χ2v) is 9.47. The number of carbonyl (C=O) groups excluding carboxylic acids is 1. The first-order valence-corrected chi connectivity index (χ1v) is 9.38. The molecular weight excluding hydrogens is 272 g/mol. The second-order valence-electron chi connectivity index (χ2n) is 9.47. The predicted octanol–water partition coefficient (Wildman–Crippen LogP) is 5.60. The highest BCUT2D eigenvalue weighted by atomic mass is 16.6. The minimum Gasteiger partial charge on any atom is -0.459 e. The van der Waals surface area contributed by atoms with Crippen LogP contribution in [-0.4, -0.2) is 11.6 Å². The molecule has 2 rings (SSSR count). The zero-order valence-electron chi connectivity index (χ0n) is 15.6. The third-order valence-corrected chi connectivity index (χ3v) is 5.80. The molecular formula is C20H36O2. The molecule has 0 radical (unpaired) electrons. The van der Waals surface area contributed by atoms with Crippen LogP contribution in [0.5, 0.6) is 0 Å². The molecule has 2 aliphatic rings. The monoisotopic (exact) mass is 308 g/mol. The largest absolute Gasteiger partial charge is 0.459 e. The number of hydrogen-bond donors (Lipinski definition) is 0. The molecule has 2 aliphatic carbocycles. The zero-order valence-corrected chi connectivity index (χ0v) is 15.6. The molecule has 0 amide bonds. The molecule has 2 fully saturated rings. The average molecular weight is 309 g/mol. The van der Waals surface area contributed by atoms with Crippen molar-refractivity contribution in [2.24, 2.45) is 29.1 Å². The lowest BCUT2D eigenvalue weighted by Crippen LogP contribution is -2.49. The Hall–Kier alpha value is -0.530. The van der Waals surface area contributed by atoms with Crippen LogP contribution in [0.25, 0.3) is 0 Å². The van der Waals surface area contributed by atoms with Gasteiger partial charge in [-0.05, 0) is 61.7 Å². The highest BCUT2D eigenvalue weighted by Gasteiger charge is 2.48. The van der Waals surface area contributed by atoms with Crippen molar-refractivity contribution >= 4 is 5.97 Å². The summed E-state index contributed by atoms with van der Waals surface area (Å²) in [5.74, 6) is 2.24. The van der Waals surface area contributed by atoms with Gasteiger partial charge in [0.2, 0.25) is 0 Å². The van der Waals surface area contributed by atoms with E-state index < -0.39 is 0 Å². The molecule has 2 saturated carbocycles. The van der Waals surface area contributed by atoms with Gasteiger partial charge >= 0.3 is 5.97 Å². The van der Waals surface area contributed by atoms with E-state index in [0.717, 1.165) is 38.0 Å². The van der Waals surface area contributed by atoms with E-state index in [9.17, 15) is 4.79 Å². The lowest BCUT2D eigenvalue weighted by Gasteiger charge is -2.49. The topological polar surface area (TPSA) is 26.3 Å². The predicted molar refractivity (Wildman–Crippen MR) is 91.6 cm³/mol. The maximum atomic E-state index is 12.9. The van der Waals surface area contributed by atoms with Gasteiger partial charge in [-0.25, -0.2) is 0 Å². The van der Waals surface area contributed by atoms with Crippen LogP contribution in [0.2, 0.25) is 0 Å². The van der Waals surface area contributed by atoms with Crippen LogP contribution in [0.3, 0.4) is 0 Å². The second kappa shape index (κ2) is 6.53. The van der Waals surface area contributed by atoms with E-state index in [1.807, 2.05) is 0 Å². The van der Waals surface area contributed by atoms with Crippen molar-refractivity contribution in [1.29, 1.82) is 0 Å². The highest BCUT2D eigenvalue weighted by molar-refractivity contribution is 5.73. The van der Waals surface area contributed by atoms with Crippen LogP contribution in [0.1, 0.15) is 86.5 Å². The maximum absolute atomic E-state index is 12.9. The minimum atomic E-state index is -0.158. The molecule has 0 saturated heterocycles. The molecule has 0 aromatic heterocycles. The SMILES string of the molecule is CCCC(C(=O)OC12CC(C)CC(CC(C)C1)C2)C(C)(C)C. The van der Waals surface area contributed by atoms with Crippen LogP contribution in [-0.2, 0) is 9.53 Å². The third kappa shape index (κ3) is 4.06. The number of hydrogen-bond acceptors (Lipinski definition) is 2. The molecule has 3 unspecified atom stereocenters. The summed E-state index contributed by atoms with van der Waals surface area (Å²) in [6, 6.07) is 0. The van der Waals surface area contributed by atoms with Gasteiger partial charge in [-0.1, -0.05) is 48.0 Å². The van der Waals surface area contributed by atoms with Crippen molar-refractivity contribution in [3.05, 3.63) is 0 Å². The molecule has 2 nitrogen and oxygen atoms in total. The molecule has 2 heteroatoms. The fraction of sp³-hybridized carbons (Fsp3) is 0.950. The Balaban J connectivity index is 2.13. The van der Waals surface area contributed by atoms with Gasteiger partial charge in [-0.15, -0.1) is 0 Å². The summed E-state index contributed by atoms with van der Waals surface area (Å²) in [4.78, 5) is 12.9.